The number of fused-ring (bicyclic) bond motifs is 1. The van der Waals surface area contributed by atoms with Crippen molar-refractivity contribution in [2.45, 2.75) is 12.5 Å². The molecule has 1 aromatic rings. The first kappa shape index (κ1) is 9.49. The molecule has 0 aromatic heterocycles. The van der Waals surface area contributed by atoms with Crippen molar-refractivity contribution in [2.75, 3.05) is 20.2 Å². The molecule has 0 spiro atoms. The summed E-state index contributed by atoms with van der Waals surface area (Å²) in [7, 11) is 1.69. The van der Waals surface area contributed by atoms with Gasteiger partial charge in [0.2, 0.25) is 0 Å². The van der Waals surface area contributed by atoms with Gasteiger partial charge < -0.3 is 15.8 Å². The molecule has 0 aliphatic carbocycles. The zero-order chi connectivity index (χ0) is 9.97. The number of hydrogen-bond donors (Lipinski definition) is 2. The Bertz CT molecular complexity index is 325. The second kappa shape index (κ2) is 3.98. The Balaban J connectivity index is 2.35. The maximum atomic E-state index is 5.72. The van der Waals surface area contributed by atoms with E-state index >= 15 is 0 Å². The lowest BCUT2D eigenvalue weighted by Gasteiger charge is -2.25. The number of ether oxygens (including phenoxy) is 1. The van der Waals surface area contributed by atoms with Crippen LogP contribution in [0.4, 0.5) is 0 Å². The molecule has 3 heteroatoms. The fourth-order valence-corrected chi connectivity index (χ4v) is 1.96. The Morgan fingerprint density at radius 1 is 1.57 bits per heavy atom. The third-order valence-corrected chi connectivity index (χ3v) is 2.78. The fraction of sp³-hybridized carbons (Fsp3) is 0.455. The highest BCUT2D eigenvalue weighted by Gasteiger charge is 2.18. The van der Waals surface area contributed by atoms with Crippen molar-refractivity contribution in [3.05, 3.63) is 29.3 Å². The highest BCUT2D eigenvalue weighted by Crippen LogP contribution is 2.26. The van der Waals surface area contributed by atoms with Crippen LogP contribution in [0.15, 0.2) is 18.2 Å². The summed E-state index contributed by atoms with van der Waals surface area (Å²) in [6.07, 6.45) is 0. The third-order valence-electron chi connectivity index (χ3n) is 2.78. The van der Waals surface area contributed by atoms with Gasteiger partial charge in [0.15, 0.2) is 0 Å². The zero-order valence-electron chi connectivity index (χ0n) is 8.42. The fourth-order valence-electron chi connectivity index (χ4n) is 1.96. The topological polar surface area (TPSA) is 47.3 Å². The molecule has 1 aromatic carbocycles. The first-order valence-electron chi connectivity index (χ1n) is 4.92. The number of hydrogen-bond acceptors (Lipinski definition) is 3. The summed E-state index contributed by atoms with van der Waals surface area (Å²) >= 11 is 0. The van der Waals surface area contributed by atoms with E-state index in [1.165, 1.54) is 11.1 Å². The molecular formula is C11H16N2O. The number of benzene rings is 1. The molecule has 0 amide bonds. The maximum absolute atomic E-state index is 5.72. The predicted molar refractivity (Wildman–Crippen MR) is 56.5 cm³/mol. The molecule has 2 rings (SSSR count). The third kappa shape index (κ3) is 1.61. The van der Waals surface area contributed by atoms with Crippen molar-refractivity contribution < 1.29 is 4.74 Å². The molecule has 76 valence electrons. The van der Waals surface area contributed by atoms with E-state index in [2.05, 4.69) is 17.4 Å². The molecule has 0 fully saturated rings. The van der Waals surface area contributed by atoms with E-state index < -0.39 is 0 Å². The Morgan fingerprint density at radius 3 is 3.14 bits per heavy atom. The number of nitrogens with one attached hydrogen (secondary N) is 1. The highest BCUT2D eigenvalue weighted by atomic mass is 16.5. The Morgan fingerprint density at radius 2 is 2.43 bits per heavy atom. The lowest BCUT2D eigenvalue weighted by atomic mass is 9.91. The van der Waals surface area contributed by atoms with Gasteiger partial charge in [0.05, 0.1) is 7.11 Å². The van der Waals surface area contributed by atoms with Crippen molar-refractivity contribution in [3.63, 3.8) is 0 Å². The molecule has 1 heterocycles. The van der Waals surface area contributed by atoms with E-state index in [4.69, 9.17) is 10.5 Å². The van der Waals surface area contributed by atoms with Gasteiger partial charge in [-0.25, -0.2) is 0 Å². The SMILES string of the molecule is COc1ccc2c(c1)CNCC2CN. The van der Waals surface area contributed by atoms with Crippen LogP contribution in [-0.2, 0) is 6.54 Å². The largest absolute Gasteiger partial charge is 0.497 e. The van der Waals surface area contributed by atoms with Gasteiger partial charge in [-0.3, -0.25) is 0 Å². The molecule has 1 aliphatic rings. The molecule has 0 bridgehead atoms. The minimum absolute atomic E-state index is 0.449. The van der Waals surface area contributed by atoms with Crippen molar-refractivity contribution in [3.8, 4) is 5.75 Å². The minimum Gasteiger partial charge on any atom is -0.497 e. The summed E-state index contributed by atoms with van der Waals surface area (Å²) in [4.78, 5) is 0. The van der Waals surface area contributed by atoms with Crippen LogP contribution in [0.5, 0.6) is 5.75 Å². The van der Waals surface area contributed by atoms with Crippen molar-refractivity contribution in [2.24, 2.45) is 5.73 Å². The van der Waals surface area contributed by atoms with Gasteiger partial charge in [-0.15, -0.1) is 0 Å². The van der Waals surface area contributed by atoms with E-state index in [0.717, 1.165) is 18.8 Å². The Hall–Kier alpha value is -1.06. The normalized spacial score (nSPS) is 20.3. The lowest BCUT2D eigenvalue weighted by Crippen LogP contribution is -2.32. The lowest BCUT2D eigenvalue weighted by molar-refractivity contribution is 0.412. The average molecular weight is 192 g/mol. The summed E-state index contributed by atoms with van der Waals surface area (Å²) in [5.41, 5.74) is 8.40. The average Bonchev–Trinajstić information content (AvgIpc) is 2.27. The molecular weight excluding hydrogens is 176 g/mol. The van der Waals surface area contributed by atoms with E-state index in [9.17, 15) is 0 Å². The Labute approximate surface area is 84.3 Å². The predicted octanol–water partition coefficient (Wildman–Crippen LogP) is 0.841. The smallest absolute Gasteiger partial charge is 0.119 e. The highest BCUT2D eigenvalue weighted by molar-refractivity contribution is 5.39. The zero-order valence-corrected chi connectivity index (χ0v) is 8.42. The summed E-state index contributed by atoms with van der Waals surface area (Å²) in [5.74, 6) is 1.37. The van der Waals surface area contributed by atoms with E-state index in [0.29, 0.717) is 12.5 Å². The summed E-state index contributed by atoms with van der Waals surface area (Å²) < 4.78 is 5.19. The van der Waals surface area contributed by atoms with Crippen molar-refractivity contribution in [1.82, 2.24) is 5.32 Å². The molecule has 0 saturated heterocycles. The van der Waals surface area contributed by atoms with Crippen LogP contribution in [0.3, 0.4) is 0 Å². The van der Waals surface area contributed by atoms with E-state index in [-0.39, 0.29) is 0 Å². The maximum Gasteiger partial charge on any atom is 0.119 e. The van der Waals surface area contributed by atoms with Crippen LogP contribution in [0, 0.1) is 0 Å². The van der Waals surface area contributed by atoms with Crippen LogP contribution >= 0.6 is 0 Å². The summed E-state index contributed by atoms with van der Waals surface area (Å²) in [5, 5.41) is 3.36. The van der Waals surface area contributed by atoms with Crippen LogP contribution in [0.1, 0.15) is 17.0 Å². The monoisotopic (exact) mass is 192 g/mol. The van der Waals surface area contributed by atoms with Gasteiger partial charge in [-0.2, -0.15) is 0 Å². The van der Waals surface area contributed by atoms with Gasteiger partial charge in [0.1, 0.15) is 5.75 Å². The minimum atomic E-state index is 0.449. The van der Waals surface area contributed by atoms with Crippen molar-refractivity contribution >= 4 is 0 Å². The molecule has 3 N–H and O–H groups in total. The molecule has 1 aliphatic heterocycles. The number of nitrogens with two attached hydrogens (primary N) is 1. The molecule has 1 atom stereocenters. The quantitative estimate of drug-likeness (QED) is 0.730. The first-order valence-corrected chi connectivity index (χ1v) is 4.92. The van der Waals surface area contributed by atoms with Crippen LogP contribution < -0.4 is 15.8 Å². The second-order valence-corrected chi connectivity index (χ2v) is 3.63. The van der Waals surface area contributed by atoms with Gasteiger partial charge in [-0.05, 0) is 23.3 Å². The first-order chi connectivity index (χ1) is 6.85. The van der Waals surface area contributed by atoms with Crippen LogP contribution in [0.25, 0.3) is 0 Å². The number of methoxy groups -OCH3 is 1. The molecule has 0 saturated carbocycles. The molecule has 0 radical (unpaired) electrons. The standard InChI is InChI=1S/C11H16N2O/c1-14-10-2-3-11-8(4-10)6-13-7-9(11)5-12/h2-4,9,13H,5-7,12H2,1H3. The van der Waals surface area contributed by atoms with Gasteiger partial charge in [-0.1, -0.05) is 6.07 Å². The molecule has 1 unspecified atom stereocenters. The van der Waals surface area contributed by atoms with Gasteiger partial charge in [0.25, 0.3) is 0 Å². The van der Waals surface area contributed by atoms with Crippen LogP contribution in [0.2, 0.25) is 0 Å². The number of rotatable bonds is 2. The molecule has 14 heavy (non-hydrogen) atoms. The summed E-state index contributed by atoms with van der Waals surface area (Å²) in [6, 6.07) is 6.23. The summed E-state index contributed by atoms with van der Waals surface area (Å²) in [6.45, 7) is 2.60. The van der Waals surface area contributed by atoms with E-state index in [1.54, 1.807) is 7.11 Å². The van der Waals surface area contributed by atoms with Crippen LogP contribution in [-0.4, -0.2) is 20.2 Å². The molecule has 3 nitrogen and oxygen atoms in total. The van der Waals surface area contributed by atoms with E-state index in [1.807, 2.05) is 6.07 Å². The van der Waals surface area contributed by atoms with Gasteiger partial charge in [0, 0.05) is 25.6 Å². The van der Waals surface area contributed by atoms with Crippen molar-refractivity contribution in [1.29, 1.82) is 0 Å². The second-order valence-electron chi connectivity index (χ2n) is 3.63. The van der Waals surface area contributed by atoms with Gasteiger partial charge >= 0.3 is 0 Å². The Kier molecular flexibility index (Phi) is 2.70.